The summed E-state index contributed by atoms with van der Waals surface area (Å²) in [5.41, 5.74) is 1.30. The summed E-state index contributed by atoms with van der Waals surface area (Å²) in [6, 6.07) is 22.7. The second kappa shape index (κ2) is 8.76. The van der Waals surface area contributed by atoms with E-state index in [-0.39, 0.29) is 18.2 Å². The number of nitriles is 1. The first-order valence-electron chi connectivity index (χ1n) is 9.26. The minimum atomic E-state index is 0.202. The number of para-hydroxylation sites is 1. The highest BCUT2D eigenvalue weighted by Crippen LogP contribution is 2.30. The predicted molar refractivity (Wildman–Crippen MR) is 113 cm³/mol. The van der Waals surface area contributed by atoms with Crippen molar-refractivity contribution in [3.05, 3.63) is 88.8 Å². The van der Waals surface area contributed by atoms with Crippen molar-refractivity contribution in [1.82, 2.24) is 4.98 Å². The Labute approximate surface area is 178 Å². The molecule has 4 rings (SSSR count). The Morgan fingerprint density at radius 3 is 2.57 bits per heavy atom. The second-order valence-corrected chi connectivity index (χ2v) is 7.02. The standard InChI is InChI=1S/C23H18ClN3O3/c1-27(14-16-7-3-2-4-8-16)23-19(13-25)26-22(30-23)21-12-11-17(29-21)15-28-20-10-6-5-9-18(20)24/h2-12H,14-15H2,1H3. The molecule has 0 bridgehead atoms. The third-order valence-corrected chi connectivity index (χ3v) is 4.72. The molecule has 4 aromatic rings. The first-order valence-corrected chi connectivity index (χ1v) is 9.64. The molecule has 0 atom stereocenters. The van der Waals surface area contributed by atoms with Gasteiger partial charge in [-0.1, -0.05) is 54.1 Å². The van der Waals surface area contributed by atoms with Crippen molar-refractivity contribution in [3.63, 3.8) is 0 Å². The number of nitrogens with zero attached hydrogens (tertiary/aromatic N) is 3. The molecule has 0 aliphatic rings. The van der Waals surface area contributed by atoms with Crippen LogP contribution in [-0.4, -0.2) is 12.0 Å². The van der Waals surface area contributed by atoms with Gasteiger partial charge in [0.2, 0.25) is 11.6 Å². The van der Waals surface area contributed by atoms with E-state index in [1.165, 1.54) is 0 Å². The molecule has 0 radical (unpaired) electrons. The molecule has 0 N–H and O–H groups in total. The van der Waals surface area contributed by atoms with Crippen LogP contribution in [0.2, 0.25) is 5.02 Å². The monoisotopic (exact) mass is 419 g/mol. The van der Waals surface area contributed by atoms with Crippen LogP contribution in [0.25, 0.3) is 11.7 Å². The number of rotatable bonds is 7. The van der Waals surface area contributed by atoms with Gasteiger partial charge in [-0.3, -0.25) is 0 Å². The van der Waals surface area contributed by atoms with Crippen LogP contribution in [0.4, 0.5) is 5.88 Å². The van der Waals surface area contributed by atoms with E-state index in [9.17, 15) is 5.26 Å². The van der Waals surface area contributed by atoms with E-state index in [2.05, 4.69) is 11.1 Å². The topological polar surface area (TPSA) is 75.4 Å². The van der Waals surface area contributed by atoms with E-state index in [4.69, 9.17) is 25.2 Å². The molecule has 2 aromatic carbocycles. The van der Waals surface area contributed by atoms with Crippen molar-refractivity contribution in [2.45, 2.75) is 13.2 Å². The zero-order chi connectivity index (χ0) is 20.9. The molecule has 0 unspecified atom stereocenters. The van der Waals surface area contributed by atoms with Gasteiger partial charge < -0.3 is 18.5 Å². The number of anilines is 1. The zero-order valence-electron chi connectivity index (χ0n) is 16.2. The van der Waals surface area contributed by atoms with Gasteiger partial charge in [0.15, 0.2) is 5.76 Å². The molecule has 0 spiro atoms. The summed E-state index contributed by atoms with van der Waals surface area (Å²) in [6.45, 7) is 0.787. The maximum Gasteiger partial charge on any atom is 0.266 e. The van der Waals surface area contributed by atoms with Crippen molar-refractivity contribution in [1.29, 1.82) is 5.26 Å². The number of hydrogen-bond acceptors (Lipinski definition) is 6. The summed E-state index contributed by atoms with van der Waals surface area (Å²) >= 11 is 6.10. The highest BCUT2D eigenvalue weighted by Gasteiger charge is 2.20. The van der Waals surface area contributed by atoms with Crippen LogP contribution in [0.15, 0.2) is 75.6 Å². The molecular weight excluding hydrogens is 402 g/mol. The van der Waals surface area contributed by atoms with Gasteiger partial charge >= 0.3 is 0 Å². The lowest BCUT2D eigenvalue weighted by atomic mass is 10.2. The number of hydrogen-bond donors (Lipinski definition) is 0. The van der Waals surface area contributed by atoms with Crippen molar-refractivity contribution < 1.29 is 13.6 Å². The lowest BCUT2D eigenvalue weighted by Crippen LogP contribution is -2.16. The van der Waals surface area contributed by atoms with E-state index in [1.54, 1.807) is 24.3 Å². The molecule has 0 saturated carbocycles. The lowest BCUT2D eigenvalue weighted by Gasteiger charge is -2.15. The third kappa shape index (κ3) is 4.32. The zero-order valence-corrected chi connectivity index (χ0v) is 17.0. The summed E-state index contributed by atoms with van der Waals surface area (Å²) in [5.74, 6) is 2.21. The Morgan fingerprint density at radius 2 is 1.80 bits per heavy atom. The van der Waals surface area contributed by atoms with Crippen LogP contribution < -0.4 is 9.64 Å². The maximum absolute atomic E-state index is 9.47. The van der Waals surface area contributed by atoms with Crippen molar-refractivity contribution >= 4 is 17.5 Å². The molecule has 2 aromatic heterocycles. The van der Waals surface area contributed by atoms with Gasteiger partial charge in [-0.2, -0.15) is 10.2 Å². The summed E-state index contributed by atoms with van der Waals surface area (Å²) in [4.78, 5) is 6.12. The minimum Gasteiger partial charge on any atom is -0.484 e. The van der Waals surface area contributed by atoms with Crippen LogP contribution in [0.1, 0.15) is 17.0 Å². The number of ether oxygens (including phenoxy) is 1. The number of aromatic nitrogens is 1. The van der Waals surface area contributed by atoms with Gasteiger partial charge in [0.1, 0.15) is 24.2 Å². The van der Waals surface area contributed by atoms with E-state index < -0.39 is 0 Å². The molecule has 6 nitrogen and oxygen atoms in total. The Morgan fingerprint density at radius 1 is 1.03 bits per heavy atom. The summed E-state index contributed by atoms with van der Waals surface area (Å²) in [7, 11) is 1.85. The molecule has 30 heavy (non-hydrogen) atoms. The fourth-order valence-electron chi connectivity index (χ4n) is 2.96. The number of oxazole rings is 1. The highest BCUT2D eigenvalue weighted by atomic mass is 35.5. The molecule has 0 aliphatic carbocycles. The molecular formula is C23H18ClN3O3. The molecule has 7 heteroatoms. The summed E-state index contributed by atoms with van der Waals surface area (Å²) in [6.07, 6.45) is 0. The Balaban J connectivity index is 1.49. The fourth-order valence-corrected chi connectivity index (χ4v) is 3.15. The first kappa shape index (κ1) is 19.6. The van der Waals surface area contributed by atoms with Crippen LogP contribution in [0, 0.1) is 11.3 Å². The van der Waals surface area contributed by atoms with Crippen LogP contribution in [0.3, 0.4) is 0 Å². The first-order chi connectivity index (χ1) is 14.6. The highest BCUT2D eigenvalue weighted by molar-refractivity contribution is 6.32. The van der Waals surface area contributed by atoms with Gasteiger partial charge in [-0.15, -0.1) is 0 Å². The second-order valence-electron chi connectivity index (χ2n) is 6.61. The van der Waals surface area contributed by atoms with Crippen LogP contribution in [0.5, 0.6) is 5.75 Å². The van der Waals surface area contributed by atoms with Gasteiger partial charge in [0, 0.05) is 13.6 Å². The van der Waals surface area contributed by atoms with E-state index in [1.807, 2.05) is 54.4 Å². The predicted octanol–water partition coefficient (Wildman–Crippen LogP) is 5.68. The largest absolute Gasteiger partial charge is 0.484 e. The summed E-state index contributed by atoms with van der Waals surface area (Å²) < 4.78 is 17.3. The maximum atomic E-state index is 9.47. The summed E-state index contributed by atoms with van der Waals surface area (Å²) in [5, 5.41) is 10.0. The average molecular weight is 420 g/mol. The average Bonchev–Trinajstić information content (AvgIpc) is 3.41. The Kier molecular flexibility index (Phi) is 5.73. The lowest BCUT2D eigenvalue weighted by molar-refractivity contribution is 0.271. The number of halogens is 1. The molecule has 0 fully saturated rings. The normalized spacial score (nSPS) is 10.6. The van der Waals surface area contributed by atoms with E-state index >= 15 is 0 Å². The SMILES string of the molecule is CN(Cc1ccccc1)c1oc(-c2ccc(COc3ccccc3Cl)o2)nc1C#N. The van der Waals surface area contributed by atoms with Crippen LogP contribution in [-0.2, 0) is 13.2 Å². The smallest absolute Gasteiger partial charge is 0.266 e. The number of benzene rings is 2. The Hall–Kier alpha value is -3.69. The van der Waals surface area contributed by atoms with Gasteiger partial charge in [0.25, 0.3) is 5.89 Å². The van der Waals surface area contributed by atoms with Gasteiger partial charge in [-0.05, 0) is 29.8 Å². The molecule has 2 heterocycles. The van der Waals surface area contributed by atoms with E-state index in [0.29, 0.717) is 34.7 Å². The molecule has 0 aliphatic heterocycles. The quantitative estimate of drug-likeness (QED) is 0.384. The number of furan rings is 1. The van der Waals surface area contributed by atoms with Crippen LogP contribution >= 0.6 is 11.6 Å². The molecule has 0 amide bonds. The van der Waals surface area contributed by atoms with E-state index in [0.717, 1.165) is 5.56 Å². The minimum absolute atomic E-state index is 0.202. The molecule has 150 valence electrons. The fraction of sp³-hybridized carbons (Fsp3) is 0.130. The van der Waals surface area contributed by atoms with Crippen molar-refractivity contribution in [3.8, 4) is 23.5 Å². The van der Waals surface area contributed by atoms with Gasteiger partial charge in [-0.25, -0.2) is 0 Å². The molecule has 0 saturated heterocycles. The van der Waals surface area contributed by atoms with Gasteiger partial charge in [0.05, 0.1) is 5.02 Å². The third-order valence-electron chi connectivity index (χ3n) is 4.40. The Bertz CT molecular complexity index is 1180. The van der Waals surface area contributed by atoms with Crippen molar-refractivity contribution in [2.75, 3.05) is 11.9 Å². The van der Waals surface area contributed by atoms with Crippen molar-refractivity contribution in [2.24, 2.45) is 0 Å².